The highest BCUT2D eigenvalue weighted by atomic mass is 32.2. The number of methoxy groups -OCH3 is 2. The van der Waals surface area contributed by atoms with Crippen molar-refractivity contribution in [2.24, 2.45) is 0 Å². The minimum absolute atomic E-state index is 0.0964. The molecule has 0 unspecified atom stereocenters. The SMILES string of the molecule is COc1cc(NC(=O)CS(=O)(=O)CCCc2ccccc2)c(C(=O)N2CCCC2)cc1OC. The van der Waals surface area contributed by atoms with Gasteiger partial charge in [-0.3, -0.25) is 9.59 Å². The number of likely N-dealkylation sites (tertiary alicyclic amines) is 1. The molecule has 9 heteroatoms. The van der Waals surface area contributed by atoms with Crippen LogP contribution in [-0.2, 0) is 21.1 Å². The van der Waals surface area contributed by atoms with Crippen molar-refractivity contribution in [1.82, 2.24) is 4.90 Å². The summed E-state index contributed by atoms with van der Waals surface area (Å²) in [5, 5.41) is 2.60. The van der Waals surface area contributed by atoms with Gasteiger partial charge in [0.2, 0.25) is 5.91 Å². The van der Waals surface area contributed by atoms with Crippen LogP contribution in [0.5, 0.6) is 11.5 Å². The Labute approximate surface area is 194 Å². The van der Waals surface area contributed by atoms with Gasteiger partial charge in [0.25, 0.3) is 5.91 Å². The lowest BCUT2D eigenvalue weighted by molar-refractivity contribution is -0.113. The molecule has 1 aliphatic rings. The summed E-state index contributed by atoms with van der Waals surface area (Å²) >= 11 is 0. The Morgan fingerprint density at radius 3 is 2.27 bits per heavy atom. The van der Waals surface area contributed by atoms with Gasteiger partial charge < -0.3 is 19.7 Å². The molecule has 0 aliphatic carbocycles. The second-order valence-electron chi connectivity index (χ2n) is 7.98. The van der Waals surface area contributed by atoms with E-state index in [4.69, 9.17) is 9.47 Å². The van der Waals surface area contributed by atoms with E-state index in [1.807, 2.05) is 30.3 Å². The molecular formula is C24H30N2O6S. The topological polar surface area (TPSA) is 102 Å². The predicted octanol–water partition coefficient (Wildman–Crippen LogP) is 2.93. The summed E-state index contributed by atoms with van der Waals surface area (Å²) in [6.07, 6.45) is 2.88. The lowest BCUT2D eigenvalue weighted by Crippen LogP contribution is -2.30. The highest BCUT2D eigenvalue weighted by Gasteiger charge is 2.26. The quantitative estimate of drug-likeness (QED) is 0.568. The molecule has 0 radical (unpaired) electrons. The number of anilines is 1. The molecule has 33 heavy (non-hydrogen) atoms. The van der Waals surface area contributed by atoms with Crippen molar-refractivity contribution >= 4 is 27.3 Å². The molecule has 1 saturated heterocycles. The molecule has 1 N–H and O–H groups in total. The number of rotatable bonds is 10. The van der Waals surface area contributed by atoms with Crippen LogP contribution >= 0.6 is 0 Å². The van der Waals surface area contributed by atoms with E-state index in [2.05, 4.69) is 5.32 Å². The number of aryl methyl sites for hydroxylation is 1. The monoisotopic (exact) mass is 474 g/mol. The number of nitrogens with zero attached hydrogens (tertiary/aromatic N) is 1. The van der Waals surface area contributed by atoms with Gasteiger partial charge in [-0.1, -0.05) is 30.3 Å². The van der Waals surface area contributed by atoms with E-state index in [0.29, 0.717) is 37.4 Å². The average Bonchev–Trinajstić information content (AvgIpc) is 3.33. The molecule has 0 bridgehead atoms. The van der Waals surface area contributed by atoms with E-state index in [1.165, 1.54) is 26.4 Å². The maximum absolute atomic E-state index is 13.0. The molecule has 2 amide bonds. The molecule has 0 spiro atoms. The van der Waals surface area contributed by atoms with E-state index < -0.39 is 21.5 Å². The molecule has 0 aromatic heterocycles. The third kappa shape index (κ3) is 6.71. The van der Waals surface area contributed by atoms with Crippen molar-refractivity contribution in [3.05, 3.63) is 53.6 Å². The van der Waals surface area contributed by atoms with Crippen molar-refractivity contribution in [3.63, 3.8) is 0 Å². The van der Waals surface area contributed by atoms with Crippen molar-refractivity contribution in [2.75, 3.05) is 44.1 Å². The molecule has 1 heterocycles. The zero-order valence-electron chi connectivity index (χ0n) is 19.0. The molecule has 2 aromatic carbocycles. The summed E-state index contributed by atoms with van der Waals surface area (Å²) < 4.78 is 35.6. The van der Waals surface area contributed by atoms with Crippen LogP contribution in [0, 0.1) is 0 Å². The first-order valence-electron chi connectivity index (χ1n) is 10.9. The molecule has 8 nitrogen and oxygen atoms in total. The number of sulfone groups is 1. The largest absolute Gasteiger partial charge is 0.493 e. The Bertz CT molecular complexity index is 1080. The Morgan fingerprint density at radius 2 is 1.64 bits per heavy atom. The summed E-state index contributed by atoms with van der Waals surface area (Å²) in [4.78, 5) is 27.4. The molecule has 178 valence electrons. The number of hydrogen-bond acceptors (Lipinski definition) is 6. The van der Waals surface area contributed by atoms with Crippen molar-refractivity contribution < 1.29 is 27.5 Å². The Morgan fingerprint density at radius 1 is 1.00 bits per heavy atom. The van der Waals surface area contributed by atoms with Crippen LogP contribution in [-0.4, -0.2) is 63.9 Å². The highest BCUT2D eigenvalue weighted by Crippen LogP contribution is 2.34. The highest BCUT2D eigenvalue weighted by molar-refractivity contribution is 7.92. The van der Waals surface area contributed by atoms with Crippen LogP contribution in [0.25, 0.3) is 0 Å². The van der Waals surface area contributed by atoms with E-state index >= 15 is 0 Å². The van der Waals surface area contributed by atoms with Crippen LogP contribution in [0.2, 0.25) is 0 Å². The summed E-state index contributed by atoms with van der Waals surface area (Å²) in [6, 6.07) is 12.6. The fourth-order valence-electron chi connectivity index (χ4n) is 3.85. The van der Waals surface area contributed by atoms with Gasteiger partial charge in [0.15, 0.2) is 21.3 Å². The molecule has 2 aromatic rings. The Balaban J connectivity index is 1.71. The lowest BCUT2D eigenvalue weighted by atomic mass is 10.1. The van der Waals surface area contributed by atoms with Gasteiger partial charge in [-0.2, -0.15) is 0 Å². The maximum atomic E-state index is 13.0. The second kappa shape index (κ2) is 11.2. The molecule has 1 aliphatic heterocycles. The fraction of sp³-hybridized carbons (Fsp3) is 0.417. The van der Waals surface area contributed by atoms with Crippen molar-refractivity contribution in [3.8, 4) is 11.5 Å². The Kier molecular flexibility index (Phi) is 8.32. The number of carbonyl (C=O) groups is 2. The van der Waals surface area contributed by atoms with Gasteiger partial charge in [-0.05, 0) is 37.3 Å². The van der Waals surface area contributed by atoms with Gasteiger partial charge in [0.05, 0.1) is 31.2 Å². The summed E-state index contributed by atoms with van der Waals surface area (Å²) in [5.41, 5.74) is 1.49. The van der Waals surface area contributed by atoms with Gasteiger partial charge >= 0.3 is 0 Å². The van der Waals surface area contributed by atoms with E-state index in [0.717, 1.165) is 18.4 Å². The average molecular weight is 475 g/mol. The number of benzene rings is 2. The van der Waals surface area contributed by atoms with Gasteiger partial charge in [-0.15, -0.1) is 0 Å². The zero-order valence-corrected chi connectivity index (χ0v) is 19.8. The number of amides is 2. The molecule has 0 atom stereocenters. The molecule has 0 saturated carbocycles. The first-order valence-corrected chi connectivity index (χ1v) is 12.7. The number of hydrogen-bond donors (Lipinski definition) is 1. The third-order valence-corrected chi connectivity index (χ3v) is 7.15. The van der Waals surface area contributed by atoms with E-state index in [1.54, 1.807) is 4.90 Å². The van der Waals surface area contributed by atoms with Crippen LogP contribution in [0.4, 0.5) is 5.69 Å². The molecule has 1 fully saturated rings. The second-order valence-corrected chi connectivity index (χ2v) is 10.2. The van der Waals surface area contributed by atoms with Crippen molar-refractivity contribution in [2.45, 2.75) is 25.7 Å². The standard InChI is InChI=1S/C24H30N2O6S/c1-31-21-15-19(24(28)26-12-6-7-13-26)20(16-22(21)32-2)25-23(27)17-33(29,30)14-8-11-18-9-4-3-5-10-18/h3-5,9-10,15-16H,6-8,11-14,17H2,1-2H3,(H,25,27). The van der Waals surface area contributed by atoms with Crippen LogP contribution in [0.1, 0.15) is 35.2 Å². The van der Waals surface area contributed by atoms with Crippen LogP contribution in [0.15, 0.2) is 42.5 Å². The lowest BCUT2D eigenvalue weighted by Gasteiger charge is -2.20. The summed E-state index contributed by atoms with van der Waals surface area (Å²) in [5.74, 6) is -1.01. The normalized spacial score (nSPS) is 13.6. The minimum atomic E-state index is -3.61. The molecule has 3 rings (SSSR count). The smallest absolute Gasteiger partial charge is 0.256 e. The summed E-state index contributed by atoms with van der Waals surface area (Å²) in [7, 11) is -0.704. The van der Waals surface area contributed by atoms with Crippen molar-refractivity contribution in [1.29, 1.82) is 0 Å². The number of nitrogens with one attached hydrogen (secondary N) is 1. The molecular weight excluding hydrogens is 444 g/mol. The minimum Gasteiger partial charge on any atom is -0.493 e. The van der Waals surface area contributed by atoms with Gasteiger partial charge in [0, 0.05) is 19.2 Å². The zero-order chi connectivity index (χ0) is 23.8. The third-order valence-electron chi connectivity index (χ3n) is 5.54. The number of ether oxygens (including phenoxy) is 2. The first kappa shape index (κ1) is 24.6. The van der Waals surface area contributed by atoms with Crippen LogP contribution in [0.3, 0.4) is 0 Å². The summed E-state index contributed by atoms with van der Waals surface area (Å²) in [6.45, 7) is 1.27. The first-order chi connectivity index (χ1) is 15.8. The number of carbonyl (C=O) groups excluding carboxylic acids is 2. The fourth-order valence-corrected chi connectivity index (χ4v) is 5.05. The van der Waals surface area contributed by atoms with Gasteiger partial charge in [0.1, 0.15) is 5.75 Å². The predicted molar refractivity (Wildman–Crippen MR) is 127 cm³/mol. The maximum Gasteiger partial charge on any atom is 0.256 e. The van der Waals surface area contributed by atoms with Gasteiger partial charge in [-0.25, -0.2) is 8.42 Å². The van der Waals surface area contributed by atoms with Crippen LogP contribution < -0.4 is 14.8 Å². The van der Waals surface area contributed by atoms with E-state index in [9.17, 15) is 18.0 Å². The Hall–Kier alpha value is -3.07. The van der Waals surface area contributed by atoms with E-state index in [-0.39, 0.29) is 22.9 Å².